The fourth-order valence-electron chi connectivity index (χ4n) is 4.26. The molecule has 104 valence electrons. The summed E-state index contributed by atoms with van der Waals surface area (Å²) in [7, 11) is 0. The van der Waals surface area contributed by atoms with Crippen LogP contribution in [-0.2, 0) is 6.54 Å². The molecule has 0 radical (unpaired) electrons. The standard InChI is InChI=1S/C17H26N2/c1-2-16-17(9-6-11-18-14-17)10-12-19(16)13-15-7-4-3-5-8-15/h3-5,7-8,16,18H,2,6,9-14H2,1H3. The van der Waals surface area contributed by atoms with Gasteiger partial charge in [0.2, 0.25) is 0 Å². The Morgan fingerprint density at radius 3 is 2.79 bits per heavy atom. The van der Waals surface area contributed by atoms with E-state index in [2.05, 4.69) is 47.5 Å². The predicted octanol–water partition coefficient (Wildman–Crippen LogP) is 3.04. The van der Waals surface area contributed by atoms with Crippen LogP contribution in [0.1, 0.15) is 38.2 Å². The highest BCUT2D eigenvalue weighted by atomic mass is 15.2. The van der Waals surface area contributed by atoms with Crippen LogP contribution in [0.25, 0.3) is 0 Å². The molecule has 19 heavy (non-hydrogen) atoms. The fourth-order valence-corrected chi connectivity index (χ4v) is 4.26. The van der Waals surface area contributed by atoms with Crippen LogP contribution in [0, 0.1) is 5.41 Å². The van der Waals surface area contributed by atoms with Gasteiger partial charge in [-0.2, -0.15) is 0 Å². The molecule has 1 aromatic carbocycles. The minimum atomic E-state index is 0.557. The molecule has 0 aromatic heterocycles. The molecule has 1 N–H and O–H groups in total. The van der Waals surface area contributed by atoms with Gasteiger partial charge in [0, 0.05) is 19.1 Å². The Morgan fingerprint density at radius 1 is 1.26 bits per heavy atom. The Kier molecular flexibility index (Phi) is 3.90. The molecule has 2 nitrogen and oxygen atoms in total. The summed E-state index contributed by atoms with van der Waals surface area (Å²) in [6, 6.07) is 11.7. The summed E-state index contributed by atoms with van der Waals surface area (Å²) in [5.41, 5.74) is 2.02. The highest BCUT2D eigenvalue weighted by molar-refractivity contribution is 5.15. The number of piperidine rings is 1. The van der Waals surface area contributed by atoms with E-state index in [1.807, 2.05) is 0 Å². The highest BCUT2D eigenvalue weighted by Gasteiger charge is 2.46. The zero-order chi connectivity index (χ0) is 13.1. The molecule has 2 saturated heterocycles. The smallest absolute Gasteiger partial charge is 0.0236 e. The first-order chi connectivity index (χ1) is 9.34. The second-order valence-corrected chi connectivity index (χ2v) is 6.27. The summed E-state index contributed by atoms with van der Waals surface area (Å²) in [6.45, 7) is 7.22. The van der Waals surface area contributed by atoms with Crippen LogP contribution in [-0.4, -0.2) is 30.6 Å². The number of hydrogen-bond acceptors (Lipinski definition) is 2. The van der Waals surface area contributed by atoms with Crippen LogP contribution in [0.5, 0.6) is 0 Å². The van der Waals surface area contributed by atoms with Gasteiger partial charge in [-0.15, -0.1) is 0 Å². The van der Waals surface area contributed by atoms with E-state index < -0.39 is 0 Å². The molecule has 0 aliphatic carbocycles. The molecule has 3 rings (SSSR count). The molecule has 1 spiro atoms. The normalized spacial score (nSPS) is 31.9. The minimum absolute atomic E-state index is 0.557. The summed E-state index contributed by atoms with van der Waals surface area (Å²) in [5, 5.41) is 3.64. The van der Waals surface area contributed by atoms with E-state index in [1.165, 1.54) is 50.9 Å². The van der Waals surface area contributed by atoms with Crippen LogP contribution >= 0.6 is 0 Å². The Bertz CT molecular complexity index is 395. The lowest BCUT2D eigenvalue weighted by Gasteiger charge is -2.41. The van der Waals surface area contributed by atoms with E-state index in [9.17, 15) is 0 Å². The SMILES string of the molecule is CCC1N(Cc2ccccc2)CCC12CCCNC2. The maximum atomic E-state index is 3.64. The molecule has 2 heteroatoms. The van der Waals surface area contributed by atoms with Crippen molar-refractivity contribution in [2.24, 2.45) is 5.41 Å². The van der Waals surface area contributed by atoms with Crippen molar-refractivity contribution in [1.82, 2.24) is 10.2 Å². The van der Waals surface area contributed by atoms with Crippen LogP contribution in [0.4, 0.5) is 0 Å². The van der Waals surface area contributed by atoms with E-state index in [1.54, 1.807) is 0 Å². The second-order valence-electron chi connectivity index (χ2n) is 6.27. The van der Waals surface area contributed by atoms with Crippen molar-refractivity contribution in [3.05, 3.63) is 35.9 Å². The zero-order valence-electron chi connectivity index (χ0n) is 12.1. The first-order valence-corrected chi connectivity index (χ1v) is 7.83. The van der Waals surface area contributed by atoms with Gasteiger partial charge in [0.15, 0.2) is 0 Å². The van der Waals surface area contributed by atoms with Gasteiger partial charge in [-0.3, -0.25) is 4.90 Å². The summed E-state index contributed by atoms with van der Waals surface area (Å²) in [4.78, 5) is 2.72. The summed E-state index contributed by atoms with van der Waals surface area (Å²) >= 11 is 0. The van der Waals surface area contributed by atoms with Crippen LogP contribution < -0.4 is 5.32 Å². The van der Waals surface area contributed by atoms with Crippen molar-refractivity contribution in [1.29, 1.82) is 0 Å². The van der Waals surface area contributed by atoms with Crippen LogP contribution in [0.15, 0.2) is 30.3 Å². The van der Waals surface area contributed by atoms with E-state index >= 15 is 0 Å². The molecule has 2 fully saturated rings. The minimum Gasteiger partial charge on any atom is -0.316 e. The molecule has 1 aromatic rings. The van der Waals surface area contributed by atoms with Crippen molar-refractivity contribution in [3.63, 3.8) is 0 Å². The summed E-state index contributed by atoms with van der Waals surface area (Å²) < 4.78 is 0. The van der Waals surface area contributed by atoms with Gasteiger partial charge >= 0.3 is 0 Å². The maximum absolute atomic E-state index is 3.64. The van der Waals surface area contributed by atoms with E-state index in [4.69, 9.17) is 0 Å². The number of benzene rings is 1. The van der Waals surface area contributed by atoms with Crippen molar-refractivity contribution in [2.45, 2.75) is 45.2 Å². The predicted molar refractivity (Wildman–Crippen MR) is 80.1 cm³/mol. The molecular formula is C17H26N2. The van der Waals surface area contributed by atoms with Crippen molar-refractivity contribution < 1.29 is 0 Å². The van der Waals surface area contributed by atoms with Gasteiger partial charge in [-0.1, -0.05) is 37.3 Å². The average molecular weight is 258 g/mol. The fraction of sp³-hybridized carbons (Fsp3) is 0.647. The second kappa shape index (κ2) is 5.64. The topological polar surface area (TPSA) is 15.3 Å². The molecule has 2 heterocycles. The van der Waals surface area contributed by atoms with Crippen LogP contribution in [0.2, 0.25) is 0 Å². The lowest BCUT2D eigenvalue weighted by atomic mass is 9.73. The largest absolute Gasteiger partial charge is 0.316 e. The molecule has 0 bridgehead atoms. The number of hydrogen-bond donors (Lipinski definition) is 1. The van der Waals surface area contributed by atoms with Gasteiger partial charge in [0.05, 0.1) is 0 Å². The monoisotopic (exact) mass is 258 g/mol. The van der Waals surface area contributed by atoms with Gasteiger partial charge in [-0.25, -0.2) is 0 Å². The van der Waals surface area contributed by atoms with Gasteiger partial charge in [-0.05, 0) is 49.8 Å². The lowest BCUT2D eigenvalue weighted by Crippen LogP contribution is -2.48. The number of nitrogens with zero attached hydrogens (tertiary/aromatic N) is 1. The van der Waals surface area contributed by atoms with E-state index in [0.717, 1.165) is 12.6 Å². The maximum Gasteiger partial charge on any atom is 0.0236 e. The molecule has 2 aliphatic rings. The first kappa shape index (κ1) is 13.1. The number of likely N-dealkylation sites (tertiary alicyclic amines) is 1. The zero-order valence-corrected chi connectivity index (χ0v) is 12.1. The molecule has 0 saturated carbocycles. The summed E-state index contributed by atoms with van der Waals surface area (Å²) in [6.07, 6.45) is 5.44. The van der Waals surface area contributed by atoms with Gasteiger partial charge in [0.25, 0.3) is 0 Å². The van der Waals surface area contributed by atoms with Gasteiger partial charge in [0.1, 0.15) is 0 Å². The number of nitrogens with one attached hydrogen (secondary N) is 1. The molecule has 2 aliphatic heterocycles. The molecule has 2 unspecified atom stereocenters. The van der Waals surface area contributed by atoms with E-state index in [0.29, 0.717) is 5.41 Å². The van der Waals surface area contributed by atoms with Crippen LogP contribution in [0.3, 0.4) is 0 Å². The third kappa shape index (κ3) is 2.56. The lowest BCUT2D eigenvalue weighted by molar-refractivity contribution is 0.112. The quantitative estimate of drug-likeness (QED) is 0.896. The average Bonchev–Trinajstić information content (AvgIpc) is 2.78. The Labute approximate surface area is 117 Å². The van der Waals surface area contributed by atoms with Gasteiger partial charge < -0.3 is 5.32 Å². The third-order valence-corrected chi connectivity index (χ3v) is 5.17. The van der Waals surface area contributed by atoms with E-state index in [-0.39, 0.29) is 0 Å². The summed E-state index contributed by atoms with van der Waals surface area (Å²) in [5.74, 6) is 0. The van der Waals surface area contributed by atoms with Crippen molar-refractivity contribution >= 4 is 0 Å². The molecular weight excluding hydrogens is 232 g/mol. The Morgan fingerprint density at radius 2 is 2.11 bits per heavy atom. The molecule has 0 amide bonds. The highest BCUT2D eigenvalue weighted by Crippen LogP contribution is 2.43. The third-order valence-electron chi connectivity index (χ3n) is 5.17. The van der Waals surface area contributed by atoms with Crippen molar-refractivity contribution in [3.8, 4) is 0 Å². The first-order valence-electron chi connectivity index (χ1n) is 7.83. The Hall–Kier alpha value is -0.860. The number of rotatable bonds is 3. The van der Waals surface area contributed by atoms with Crippen molar-refractivity contribution in [2.75, 3.05) is 19.6 Å². The Balaban J connectivity index is 1.73. The molecule has 2 atom stereocenters.